The average Bonchev–Trinajstić information content (AvgIpc) is 2.28. The lowest BCUT2D eigenvalue weighted by atomic mass is 10.4. The smallest absolute Gasteiger partial charge is 0.374 e. The van der Waals surface area contributed by atoms with Crippen LogP contribution in [-0.2, 0) is 4.79 Å². The van der Waals surface area contributed by atoms with Crippen LogP contribution in [-0.4, -0.2) is 43.1 Å². The molecule has 94 valence electrons. The highest BCUT2D eigenvalue weighted by Crippen LogP contribution is 2.06. The topological polar surface area (TPSA) is 140 Å². The molecule has 0 aliphatic rings. The van der Waals surface area contributed by atoms with Gasteiger partial charge in [-0.2, -0.15) is 15.0 Å². The van der Waals surface area contributed by atoms with E-state index in [0.717, 1.165) is 0 Å². The number of rotatable bonds is 4. The van der Waals surface area contributed by atoms with Crippen molar-refractivity contribution in [2.24, 2.45) is 0 Å². The van der Waals surface area contributed by atoms with Crippen molar-refractivity contribution in [3.63, 3.8) is 0 Å². The molecule has 0 spiro atoms. The van der Waals surface area contributed by atoms with Crippen LogP contribution in [0.15, 0.2) is 12.2 Å². The fraction of sp³-hybridized carbons (Fsp3) is 0.111. The standard InChI is InChI=1S/C9H7N3O6/c1-3(2)8(17)18-9-11-4(6(13)14)10-5(12-9)7(15)16/h1H2,2H3,(H,13,14)(H,15,16). The Morgan fingerprint density at radius 1 is 1.06 bits per heavy atom. The highest BCUT2D eigenvalue weighted by atomic mass is 16.5. The number of carboxylic acid groups (broad SMARTS) is 2. The van der Waals surface area contributed by atoms with Gasteiger partial charge in [0.2, 0.25) is 11.6 Å². The van der Waals surface area contributed by atoms with E-state index in [0.29, 0.717) is 0 Å². The quantitative estimate of drug-likeness (QED) is 0.548. The maximum atomic E-state index is 11.2. The number of hydrogen-bond acceptors (Lipinski definition) is 7. The average molecular weight is 253 g/mol. The van der Waals surface area contributed by atoms with E-state index in [1.54, 1.807) is 0 Å². The van der Waals surface area contributed by atoms with Gasteiger partial charge in [0.05, 0.1) is 0 Å². The fourth-order valence-electron chi connectivity index (χ4n) is 0.763. The Kier molecular flexibility index (Phi) is 3.67. The molecule has 1 aromatic heterocycles. The van der Waals surface area contributed by atoms with Gasteiger partial charge in [-0.1, -0.05) is 6.58 Å². The van der Waals surface area contributed by atoms with Gasteiger partial charge in [-0.3, -0.25) is 0 Å². The second-order valence-corrected chi connectivity index (χ2v) is 3.05. The number of hydrogen-bond donors (Lipinski definition) is 2. The monoisotopic (exact) mass is 253 g/mol. The predicted molar refractivity (Wildman–Crippen MR) is 54.2 cm³/mol. The van der Waals surface area contributed by atoms with E-state index in [2.05, 4.69) is 26.3 Å². The van der Waals surface area contributed by atoms with Crippen molar-refractivity contribution >= 4 is 17.9 Å². The molecule has 0 atom stereocenters. The number of nitrogens with zero attached hydrogens (tertiary/aromatic N) is 3. The second kappa shape index (κ2) is 4.99. The van der Waals surface area contributed by atoms with Gasteiger partial charge in [0, 0.05) is 5.57 Å². The van der Waals surface area contributed by atoms with Crippen molar-refractivity contribution in [3.8, 4) is 6.01 Å². The van der Waals surface area contributed by atoms with Crippen molar-refractivity contribution < 1.29 is 29.3 Å². The first-order valence-electron chi connectivity index (χ1n) is 4.41. The summed E-state index contributed by atoms with van der Waals surface area (Å²) in [5, 5.41) is 17.3. The van der Waals surface area contributed by atoms with Gasteiger partial charge in [0.25, 0.3) is 0 Å². The molecule has 0 unspecified atom stereocenters. The molecule has 0 aliphatic heterocycles. The molecule has 1 rings (SSSR count). The molecule has 9 nitrogen and oxygen atoms in total. The first-order chi connectivity index (χ1) is 8.31. The van der Waals surface area contributed by atoms with Crippen LogP contribution in [0.3, 0.4) is 0 Å². The molecule has 2 N–H and O–H groups in total. The van der Waals surface area contributed by atoms with E-state index in [1.165, 1.54) is 6.92 Å². The molecular formula is C9H7N3O6. The molecular weight excluding hydrogens is 246 g/mol. The summed E-state index contributed by atoms with van der Waals surface area (Å²) in [7, 11) is 0. The number of ether oxygens (including phenoxy) is 1. The van der Waals surface area contributed by atoms with Gasteiger partial charge >= 0.3 is 23.9 Å². The SMILES string of the molecule is C=C(C)C(=O)Oc1nc(C(=O)O)nc(C(=O)O)n1. The molecule has 18 heavy (non-hydrogen) atoms. The zero-order chi connectivity index (χ0) is 13.9. The summed E-state index contributed by atoms with van der Waals surface area (Å²) in [6.07, 6.45) is 0. The van der Waals surface area contributed by atoms with Crippen LogP contribution in [0.25, 0.3) is 0 Å². The summed E-state index contributed by atoms with van der Waals surface area (Å²) < 4.78 is 4.53. The Hall–Kier alpha value is -2.84. The number of aromatic carboxylic acids is 2. The van der Waals surface area contributed by atoms with E-state index in [9.17, 15) is 14.4 Å². The van der Waals surface area contributed by atoms with Crippen molar-refractivity contribution in [3.05, 3.63) is 23.8 Å². The summed E-state index contributed by atoms with van der Waals surface area (Å²) in [6.45, 7) is 4.63. The first kappa shape index (κ1) is 13.2. The van der Waals surface area contributed by atoms with E-state index in [4.69, 9.17) is 10.2 Å². The molecule has 0 radical (unpaired) electrons. The lowest BCUT2D eigenvalue weighted by Gasteiger charge is -2.03. The van der Waals surface area contributed by atoms with Gasteiger partial charge in [0.1, 0.15) is 0 Å². The summed E-state index contributed by atoms with van der Waals surface area (Å²) in [4.78, 5) is 42.1. The molecule has 0 aromatic carbocycles. The highest BCUT2D eigenvalue weighted by Gasteiger charge is 2.19. The lowest BCUT2D eigenvalue weighted by Crippen LogP contribution is -2.17. The van der Waals surface area contributed by atoms with Gasteiger partial charge in [-0.15, -0.1) is 0 Å². The Morgan fingerprint density at radius 3 is 1.83 bits per heavy atom. The molecule has 9 heteroatoms. The zero-order valence-corrected chi connectivity index (χ0v) is 9.08. The third kappa shape index (κ3) is 3.07. The number of carbonyl (C=O) groups excluding carboxylic acids is 1. The number of carboxylic acids is 2. The molecule has 0 aliphatic carbocycles. The maximum Gasteiger partial charge on any atom is 0.374 e. The lowest BCUT2D eigenvalue weighted by molar-refractivity contribution is -0.130. The van der Waals surface area contributed by atoms with E-state index >= 15 is 0 Å². The van der Waals surface area contributed by atoms with Gasteiger partial charge in [0.15, 0.2) is 0 Å². The zero-order valence-electron chi connectivity index (χ0n) is 9.08. The van der Waals surface area contributed by atoms with E-state index in [1.807, 2.05) is 0 Å². The minimum atomic E-state index is -1.58. The van der Waals surface area contributed by atoms with Crippen molar-refractivity contribution in [1.29, 1.82) is 0 Å². The molecule has 0 bridgehead atoms. The fourth-order valence-corrected chi connectivity index (χ4v) is 0.763. The normalized spacial score (nSPS) is 9.61. The van der Waals surface area contributed by atoms with Crippen LogP contribution in [0.1, 0.15) is 28.2 Å². The predicted octanol–water partition coefficient (Wildman–Crippen LogP) is -0.251. The highest BCUT2D eigenvalue weighted by molar-refractivity contribution is 5.89. The Balaban J connectivity index is 3.19. The Bertz CT molecular complexity index is 521. The van der Waals surface area contributed by atoms with Gasteiger partial charge < -0.3 is 14.9 Å². The van der Waals surface area contributed by atoms with Gasteiger partial charge in [-0.05, 0) is 6.92 Å². The Labute approximate surface area is 99.8 Å². The molecule has 0 fully saturated rings. The molecule has 0 saturated heterocycles. The van der Waals surface area contributed by atoms with Crippen LogP contribution >= 0.6 is 0 Å². The van der Waals surface area contributed by atoms with Crippen LogP contribution in [0.2, 0.25) is 0 Å². The van der Waals surface area contributed by atoms with Crippen LogP contribution in [0.5, 0.6) is 6.01 Å². The Morgan fingerprint density at radius 2 is 1.50 bits per heavy atom. The third-order valence-electron chi connectivity index (χ3n) is 1.53. The van der Waals surface area contributed by atoms with Crippen molar-refractivity contribution in [1.82, 2.24) is 15.0 Å². The van der Waals surface area contributed by atoms with Crippen LogP contribution < -0.4 is 4.74 Å². The number of aromatic nitrogens is 3. The van der Waals surface area contributed by atoms with Crippen LogP contribution in [0, 0.1) is 0 Å². The largest absolute Gasteiger partial charge is 0.475 e. The first-order valence-corrected chi connectivity index (χ1v) is 4.41. The van der Waals surface area contributed by atoms with Crippen molar-refractivity contribution in [2.75, 3.05) is 0 Å². The molecule has 1 aromatic rings. The molecule has 0 amide bonds. The van der Waals surface area contributed by atoms with Crippen molar-refractivity contribution in [2.45, 2.75) is 6.92 Å². The minimum Gasteiger partial charge on any atom is -0.475 e. The number of carbonyl (C=O) groups is 3. The second-order valence-electron chi connectivity index (χ2n) is 3.05. The summed E-state index contributed by atoms with van der Waals surface area (Å²) in [5.41, 5.74) is 0.0177. The molecule has 0 saturated carbocycles. The van der Waals surface area contributed by atoms with Crippen LogP contribution in [0.4, 0.5) is 0 Å². The van der Waals surface area contributed by atoms with E-state index in [-0.39, 0.29) is 5.57 Å². The van der Waals surface area contributed by atoms with Gasteiger partial charge in [-0.25, -0.2) is 14.4 Å². The summed E-state index contributed by atoms with van der Waals surface area (Å²) in [6, 6.07) is -0.715. The molecule has 1 heterocycles. The minimum absolute atomic E-state index is 0.0177. The third-order valence-corrected chi connectivity index (χ3v) is 1.53. The summed E-state index contributed by atoms with van der Waals surface area (Å²) in [5.74, 6) is -5.74. The maximum absolute atomic E-state index is 11.2. The summed E-state index contributed by atoms with van der Waals surface area (Å²) >= 11 is 0. The number of esters is 1. The van der Waals surface area contributed by atoms with E-state index < -0.39 is 35.6 Å².